The quantitative estimate of drug-likeness (QED) is 0.421. The van der Waals surface area contributed by atoms with Gasteiger partial charge in [-0.3, -0.25) is 9.36 Å². The van der Waals surface area contributed by atoms with E-state index in [0.717, 1.165) is 37.0 Å². The molecule has 2 aliphatic heterocycles. The number of rotatable bonds is 4. The minimum atomic E-state index is -0.197. The number of fused-ring (bicyclic) bond motifs is 2. The van der Waals surface area contributed by atoms with Gasteiger partial charge in [-0.2, -0.15) is 4.98 Å². The number of nitrogens with zero attached hydrogens (tertiary/aromatic N) is 4. The lowest BCUT2D eigenvalue weighted by Crippen LogP contribution is -2.39. The van der Waals surface area contributed by atoms with Gasteiger partial charge in [0.2, 0.25) is 5.95 Å². The van der Waals surface area contributed by atoms with Crippen LogP contribution in [-0.4, -0.2) is 41.2 Å². The molecule has 4 heterocycles. The van der Waals surface area contributed by atoms with Crippen molar-refractivity contribution in [3.63, 3.8) is 0 Å². The van der Waals surface area contributed by atoms with Gasteiger partial charge in [0, 0.05) is 43.1 Å². The molecule has 0 saturated heterocycles. The van der Waals surface area contributed by atoms with Gasteiger partial charge in [0.15, 0.2) is 0 Å². The van der Waals surface area contributed by atoms with Crippen molar-refractivity contribution in [1.29, 1.82) is 0 Å². The zero-order valence-corrected chi connectivity index (χ0v) is 20.7. The number of hydrogen-bond acceptors (Lipinski definition) is 6. The predicted octanol–water partition coefficient (Wildman–Crippen LogP) is 4.13. The fourth-order valence-corrected chi connectivity index (χ4v) is 5.37. The highest BCUT2D eigenvalue weighted by Gasteiger charge is 2.26. The average Bonchev–Trinajstić information content (AvgIpc) is 2.93. The highest BCUT2D eigenvalue weighted by atomic mass is 16.1. The molecule has 1 atom stereocenters. The summed E-state index contributed by atoms with van der Waals surface area (Å²) in [6.07, 6.45) is 11.4. The minimum Gasteiger partial charge on any atom is -0.372 e. The van der Waals surface area contributed by atoms with E-state index in [1.165, 1.54) is 22.4 Å². The van der Waals surface area contributed by atoms with Crippen molar-refractivity contribution in [3.05, 3.63) is 93.9 Å². The van der Waals surface area contributed by atoms with Gasteiger partial charge in [-0.1, -0.05) is 42.3 Å². The topological polar surface area (TPSA) is 75.1 Å². The standard InChI is InChI=1S/C30H28N6O/c1-3-20-16-24-18-32-30(33-25-10-8-21(9-11-25)22-12-14-31-15-13-22)34-28(24)36(29(20)37)26-17-23-6-4-5-7-27(23)35(2)19-26/h1,4-12,16,18,26,31H,13-15,17,19H2,2H3,(H,32,33,34). The SMILES string of the molecule is C#Cc1cc2cnc(Nc3ccc(C4=CCNCC4)cc3)nc2n(C2Cc3ccccc3N(C)C2)c1=O. The number of likely N-dealkylation sites (N-methyl/N-ethyl adjacent to an activating group) is 1. The Morgan fingerprint density at radius 2 is 2.00 bits per heavy atom. The zero-order chi connectivity index (χ0) is 25.4. The fraction of sp³-hybridized carbons (Fsp3) is 0.233. The van der Waals surface area contributed by atoms with Crippen LogP contribution in [0.5, 0.6) is 0 Å². The molecule has 7 heteroatoms. The van der Waals surface area contributed by atoms with E-state index in [4.69, 9.17) is 11.4 Å². The number of pyridine rings is 1. The molecule has 2 N–H and O–H groups in total. The highest BCUT2D eigenvalue weighted by molar-refractivity contribution is 5.78. The molecule has 0 amide bonds. The molecule has 0 spiro atoms. The third kappa shape index (κ3) is 4.37. The molecule has 0 bridgehead atoms. The van der Waals surface area contributed by atoms with Gasteiger partial charge < -0.3 is 15.5 Å². The number of benzene rings is 2. The number of terminal acetylenes is 1. The van der Waals surface area contributed by atoms with E-state index < -0.39 is 0 Å². The van der Waals surface area contributed by atoms with Crippen LogP contribution in [0.3, 0.4) is 0 Å². The molecule has 2 aromatic heterocycles. The van der Waals surface area contributed by atoms with Gasteiger partial charge in [0.1, 0.15) is 5.65 Å². The lowest BCUT2D eigenvalue weighted by Gasteiger charge is -2.34. The third-order valence-electron chi connectivity index (χ3n) is 7.21. The molecule has 2 aliphatic rings. The monoisotopic (exact) mass is 488 g/mol. The summed E-state index contributed by atoms with van der Waals surface area (Å²) in [6.45, 7) is 2.59. The van der Waals surface area contributed by atoms with Gasteiger partial charge >= 0.3 is 0 Å². The lowest BCUT2D eigenvalue weighted by atomic mass is 9.97. The summed E-state index contributed by atoms with van der Waals surface area (Å²) in [5, 5.41) is 7.40. The average molecular weight is 489 g/mol. The Kier molecular flexibility index (Phi) is 5.95. The molecule has 0 radical (unpaired) electrons. The van der Waals surface area contributed by atoms with Crippen LogP contribution in [0.2, 0.25) is 0 Å². The van der Waals surface area contributed by atoms with Crippen LogP contribution < -0.4 is 21.1 Å². The van der Waals surface area contributed by atoms with Crippen molar-refractivity contribution in [2.75, 3.05) is 36.9 Å². The summed E-state index contributed by atoms with van der Waals surface area (Å²) < 4.78 is 1.76. The molecule has 0 aliphatic carbocycles. The second kappa shape index (κ2) is 9.57. The van der Waals surface area contributed by atoms with E-state index in [1.54, 1.807) is 16.8 Å². The van der Waals surface area contributed by atoms with Crippen molar-refractivity contribution in [3.8, 4) is 12.3 Å². The number of anilines is 3. The predicted molar refractivity (Wildman–Crippen MR) is 149 cm³/mol. The van der Waals surface area contributed by atoms with E-state index in [-0.39, 0.29) is 11.6 Å². The Bertz CT molecular complexity index is 1610. The number of para-hydroxylation sites is 1. The Labute approximate surface area is 215 Å². The van der Waals surface area contributed by atoms with E-state index in [1.807, 2.05) is 24.3 Å². The van der Waals surface area contributed by atoms with Gasteiger partial charge in [-0.25, -0.2) is 4.98 Å². The van der Waals surface area contributed by atoms with Crippen LogP contribution in [0.4, 0.5) is 17.3 Å². The Morgan fingerprint density at radius 1 is 1.16 bits per heavy atom. The van der Waals surface area contributed by atoms with Gasteiger partial charge in [-0.05, 0) is 60.4 Å². The maximum atomic E-state index is 13.5. The van der Waals surface area contributed by atoms with Crippen molar-refractivity contribution in [2.45, 2.75) is 18.9 Å². The van der Waals surface area contributed by atoms with Gasteiger partial charge in [0.25, 0.3) is 5.56 Å². The minimum absolute atomic E-state index is 0.108. The van der Waals surface area contributed by atoms with Gasteiger partial charge in [0.05, 0.1) is 11.6 Å². The Hall–Kier alpha value is -4.41. The second-order valence-electron chi connectivity index (χ2n) is 9.60. The smallest absolute Gasteiger partial charge is 0.268 e. The van der Waals surface area contributed by atoms with Crippen molar-refractivity contribution in [2.24, 2.45) is 0 Å². The molecule has 4 aromatic rings. The van der Waals surface area contributed by atoms with E-state index in [0.29, 0.717) is 23.7 Å². The maximum absolute atomic E-state index is 13.5. The summed E-state index contributed by atoms with van der Waals surface area (Å²) in [5.74, 6) is 2.99. The maximum Gasteiger partial charge on any atom is 0.268 e. The molecular weight excluding hydrogens is 460 g/mol. The fourth-order valence-electron chi connectivity index (χ4n) is 5.37. The summed E-state index contributed by atoms with van der Waals surface area (Å²) in [6, 6.07) is 18.2. The van der Waals surface area contributed by atoms with E-state index in [9.17, 15) is 4.79 Å². The number of hydrogen-bond donors (Lipinski definition) is 2. The first-order chi connectivity index (χ1) is 18.1. The van der Waals surface area contributed by atoms with Crippen LogP contribution in [-0.2, 0) is 6.42 Å². The number of aromatic nitrogens is 3. The molecule has 7 nitrogen and oxygen atoms in total. The molecule has 0 fully saturated rings. The molecular formula is C30H28N6O. The van der Waals surface area contributed by atoms with Crippen LogP contribution in [0, 0.1) is 12.3 Å². The Morgan fingerprint density at radius 3 is 2.78 bits per heavy atom. The van der Waals surface area contributed by atoms with Crippen molar-refractivity contribution >= 4 is 33.9 Å². The second-order valence-corrected chi connectivity index (χ2v) is 9.60. The van der Waals surface area contributed by atoms with Crippen LogP contribution in [0.25, 0.3) is 16.6 Å². The normalized spacial score (nSPS) is 17.1. The molecule has 0 saturated carbocycles. The third-order valence-corrected chi connectivity index (χ3v) is 7.21. The zero-order valence-electron chi connectivity index (χ0n) is 20.7. The summed E-state index contributed by atoms with van der Waals surface area (Å²) in [4.78, 5) is 25.0. The van der Waals surface area contributed by atoms with Crippen LogP contribution >= 0.6 is 0 Å². The molecule has 184 valence electrons. The van der Waals surface area contributed by atoms with Crippen molar-refractivity contribution in [1.82, 2.24) is 19.9 Å². The van der Waals surface area contributed by atoms with Crippen LogP contribution in [0.15, 0.2) is 71.7 Å². The summed E-state index contributed by atoms with van der Waals surface area (Å²) in [5.41, 5.74) is 6.56. The van der Waals surface area contributed by atoms with Crippen LogP contribution in [0.1, 0.15) is 29.2 Å². The Balaban J connectivity index is 1.37. The van der Waals surface area contributed by atoms with Gasteiger partial charge in [-0.15, -0.1) is 6.42 Å². The first kappa shape index (κ1) is 23.0. The highest BCUT2D eigenvalue weighted by Crippen LogP contribution is 2.32. The lowest BCUT2D eigenvalue weighted by molar-refractivity contribution is 0.480. The van der Waals surface area contributed by atoms with E-state index in [2.05, 4.69) is 63.8 Å². The molecule has 2 aromatic carbocycles. The molecule has 6 rings (SSSR count). The summed E-state index contributed by atoms with van der Waals surface area (Å²) >= 11 is 0. The molecule has 1 unspecified atom stereocenters. The summed E-state index contributed by atoms with van der Waals surface area (Å²) in [7, 11) is 2.05. The van der Waals surface area contributed by atoms with Crippen molar-refractivity contribution < 1.29 is 0 Å². The number of nitrogens with one attached hydrogen (secondary N) is 2. The molecule has 37 heavy (non-hydrogen) atoms. The first-order valence-electron chi connectivity index (χ1n) is 12.6. The van der Waals surface area contributed by atoms with E-state index >= 15 is 0 Å². The first-order valence-corrected chi connectivity index (χ1v) is 12.6. The largest absolute Gasteiger partial charge is 0.372 e.